The van der Waals surface area contributed by atoms with Crippen molar-refractivity contribution in [2.75, 3.05) is 0 Å². The van der Waals surface area contributed by atoms with E-state index in [0.717, 1.165) is 11.1 Å². The van der Waals surface area contributed by atoms with E-state index in [9.17, 15) is 0 Å². The van der Waals surface area contributed by atoms with Crippen LogP contribution in [0, 0.1) is 36.5 Å². The minimum atomic E-state index is 0. The Labute approximate surface area is 162 Å². The fraction of sp³-hybridized carbons (Fsp3) is 0. The molecule has 2 rings (SSSR count). The summed E-state index contributed by atoms with van der Waals surface area (Å²) < 4.78 is 0. The predicted molar refractivity (Wildman–Crippen MR) is 70.3 cm³/mol. The molecule has 0 N–H and O–H groups in total. The Bertz CT molecular complexity index is 490. The molecule has 2 aromatic carbocycles. The van der Waals surface area contributed by atoms with Crippen LogP contribution in [0.15, 0.2) is 60.7 Å². The first-order chi connectivity index (χ1) is 8.86. The number of hydrogen-bond donors (Lipinski definition) is 0. The molecule has 96 valence electrons. The first-order valence-corrected chi connectivity index (χ1v) is 5.04. The van der Waals surface area contributed by atoms with Crippen LogP contribution in [-0.2, 0) is 17.1 Å². The molecule has 0 aliphatic carbocycles. The number of hydrogen-bond acceptors (Lipinski definition) is 1. The van der Waals surface area contributed by atoms with Gasteiger partial charge in [-0.2, -0.15) is 0 Å². The molecule has 0 atom stereocenters. The Morgan fingerprint density at radius 1 is 0.619 bits per heavy atom. The van der Waals surface area contributed by atoms with Crippen molar-refractivity contribution >= 4 is 0 Å². The quantitative estimate of drug-likeness (QED) is 0.296. The van der Waals surface area contributed by atoms with E-state index in [0.29, 0.717) is 0 Å². The van der Waals surface area contributed by atoms with Crippen molar-refractivity contribution in [2.45, 2.75) is 0 Å². The van der Waals surface area contributed by atoms with Crippen LogP contribution < -0.4 is 37.7 Å². The third kappa shape index (κ3) is 15.0. The van der Waals surface area contributed by atoms with E-state index >= 15 is 0 Å². The van der Waals surface area contributed by atoms with Crippen LogP contribution in [0.3, 0.4) is 0 Å². The van der Waals surface area contributed by atoms with Crippen molar-refractivity contribution < 1.29 is 54.8 Å². The molecule has 0 aliphatic heterocycles. The zero-order valence-electron chi connectivity index (χ0n) is 12.0. The van der Waals surface area contributed by atoms with Gasteiger partial charge in [0.1, 0.15) is 0 Å². The van der Waals surface area contributed by atoms with E-state index < -0.39 is 0 Å². The Morgan fingerprint density at radius 3 is 1.00 bits per heavy atom. The van der Waals surface area contributed by atoms with Gasteiger partial charge in [0.15, 0.2) is 0 Å². The maximum absolute atomic E-state index is 6.69. The summed E-state index contributed by atoms with van der Waals surface area (Å²) in [6.07, 6.45) is 13.4. The average Bonchev–Trinajstić information content (AvgIpc) is 2.51. The molecule has 0 amide bonds. The maximum atomic E-state index is 6.69. The second-order valence-corrected chi connectivity index (χ2v) is 2.98. The first kappa shape index (κ1) is 28.0. The van der Waals surface area contributed by atoms with Gasteiger partial charge in [-0.1, -0.05) is 36.4 Å². The minimum Gasteiger partial charge on any atom is -0.512 e. The second-order valence-electron chi connectivity index (χ2n) is 2.98. The van der Waals surface area contributed by atoms with Crippen molar-refractivity contribution in [3.8, 4) is 11.8 Å². The molecule has 1 nitrogen and oxygen atoms in total. The van der Waals surface area contributed by atoms with Gasteiger partial charge in [0, 0.05) is 0 Å². The van der Waals surface area contributed by atoms with Crippen molar-refractivity contribution in [1.29, 1.82) is 5.26 Å². The third-order valence-corrected chi connectivity index (χ3v) is 1.84. The van der Waals surface area contributed by atoms with Crippen molar-refractivity contribution in [1.82, 2.24) is 0 Å². The molecule has 0 fully saturated rings. The molecular formula is C17H10CuLi2N. The number of nitrogens with zero attached hydrogens (tertiary/aromatic N) is 1. The molecule has 0 spiro atoms. The van der Waals surface area contributed by atoms with Gasteiger partial charge in [-0.3, -0.25) is 11.8 Å². The number of rotatable bonds is 0. The van der Waals surface area contributed by atoms with Gasteiger partial charge in [-0.15, -0.1) is 35.4 Å². The van der Waals surface area contributed by atoms with Gasteiger partial charge < -0.3 is 24.7 Å². The van der Waals surface area contributed by atoms with Gasteiger partial charge in [0.2, 0.25) is 0 Å². The second kappa shape index (κ2) is 21.1. The van der Waals surface area contributed by atoms with Gasteiger partial charge in [0.05, 0.1) is 0 Å². The smallest absolute Gasteiger partial charge is 0.512 e. The van der Waals surface area contributed by atoms with E-state index in [4.69, 9.17) is 24.7 Å². The van der Waals surface area contributed by atoms with Gasteiger partial charge in [-0.25, -0.2) is 0 Å². The summed E-state index contributed by atoms with van der Waals surface area (Å²) in [6, 6.07) is 18.7. The van der Waals surface area contributed by atoms with E-state index in [-0.39, 0.29) is 54.8 Å². The molecule has 0 aliphatic rings. The SMILES string of the molecule is [C-]#Cc1ccccc1.[C-]#Cc1ccccc1.[C-]#N.[Cu+].[Li+].[Li+]. The zero-order chi connectivity index (χ0) is 13.6. The van der Waals surface area contributed by atoms with Crippen LogP contribution in [-0.4, -0.2) is 0 Å². The molecule has 4 heteroatoms. The maximum Gasteiger partial charge on any atom is 1.00 e. The normalized spacial score (nSPS) is 6.10. The third-order valence-electron chi connectivity index (χ3n) is 1.84. The summed E-state index contributed by atoms with van der Waals surface area (Å²) in [4.78, 5) is 0. The number of benzene rings is 2. The Hall–Kier alpha value is -1.24. The summed E-state index contributed by atoms with van der Waals surface area (Å²) in [5.74, 6) is 4.55. The Morgan fingerprint density at radius 2 is 0.857 bits per heavy atom. The zero-order valence-corrected chi connectivity index (χ0v) is 13.0. The summed E-state index contributed by atoms with van der Waals surface area (Å²) >= 11 is 0. The molecule has 0 bridgehead atoms. The van der Waals surface area contributed by atoms with Crippen LogP contribution in [0.1, 0.15) is 11.1 Å². The Kier molecular flexibility index (Phi) is 28.1. The fourth-order valence-electron chi connectivity index (χ4n) is 1.04. The van der Waals surface area contributed by atoms with E-state index in [1.165, 1.54) is 0 Å². The van der Waals surface area contributed by atoms with E-state index in [1.54, 1.807) is 0 Å². The summed E-state index contributed by atoms with van der Waals surface area (Å²) in [5.41, 5.74) is 1.65. The summed E-state index contributed by atoms with van der Waals surface area (Å²) in [7, 11) is 0. The Balaban J connectivity index is -0.000000109. The molecule has 2 aromatic rings. The average molecular weight is 306 g/mol. The monoisotopic (exact) mass is 305 g/mol. The molecule has 0 unspecified atom stereocenters. The van der Waals surface area contributed by atoms with E-state index in [1.807, 2.05) is 60.7 Å². The van der Waals surface area contributed by atoms with Gasteiger partial charge in [0.25, 0.3) is 0 Å². The standard InChI is InChI=1S/2C8H5.CN.Cu.2Li/c2*1-2-8-6-4-3-5-7-8;1-2;;;/h2*3-7H;;;;/q3*-1;3*+1. The van der Waals surface area contributed by atoms with Gasteiger partial charge >= 0.3 is 54.8 Å². The van der Waals surface area contributed by atoms with Crippen molar-refractivity contribution in [2.24, 2.45) is 0 Å². The largest absolute Gasteiger partial charge is 1.00 e. The summed E-state index contributed by atoms with van der Waals surface area (Å²) in [5, 5.41) is 6.25. The molecule has 0 heterocycles. The molecule has 0 saturated carbocycles. The topological polar surface area (TPSA) is 23.8 Å². The van der Waals surface area contributed by atoms with Crippen molar-refractivity contribution in [3.63, 3.8) is 0 Å². The predicted octanol–water partition coefficient (Wildman–Crippen LogP) is -2.65. The molecule has 0 radical (unpaired) electrons. The van der Waals surface area contributed by atoms with Crippen LogP contribution in [0.5, 0.6) is 0 Å². The molecule has 21 heavy (non-hydrogen) atoms. The van der Waals surface area contributed by atoms with E-state index in [2.05, 4.69) is 11.8 Å². The van der Waals surface area contributed by atoms with Crippen LogP contribution in [0.4, 0.5) is 0 Å². The van der Waals surface area contributed by atoms with Crippen molar-refractivity contribution in [3.05, 3.63) is 91.2 Å². The summed E-state index contributed by atoms with van der Waals surface area (Å²) in [6.45, 7) is 4.75. The minimum absolute atomic E-state index is 0. The molecule has 0 saturated heterocycles. The van der Waals surface area contributed by atoms with Crippen LogP contribution >= 0.6 is 0 Å². The van der Waals surface area contributed by atoms with Crippen LogP contribution in [0.25, 0.3) is 0 Å². The van der Waals surface area contributed by atoms with Gasteiger partial charge in [-0.05, 0) is 0 Å². The van der Waals surface area contributed by atoms with Crippen LogP contribution in [0.2, 0.25) is 0 Å². The molecule has 0 aromatic heterocycles. The fourth-order valence-corrected chi connectivity index (χ4v) is 1.04. The molecular weight excluding hydrogens is 296 g/mol. The first-order valence-electron chi connectivity index (χ1n) is 5.04.